The van der Waals surface area contributed by atoms with Crippen molar-refractivity contribution >= 4 is 34.6 Å². The van der Waals surface area contributed by atoms with Gasteiger partial charge in [-0.1, -0.05) is 24.3 Å². The van der Waals surface area contributed by atoms with Gasteiger partial charge in [0, 0.05) is 69.2 Å². The topological polar surface area (TPSA) is 156 Å². The summed E-state index contributed by atoms with van der Waals surface area (Å²) >= 11 is 0. The van der Waals surface area contributed by atoms with Crippen LogP contribution in [0.3, 0.4) is 0 Å². The van der Waals surface area contributed by atoms with E-state index in [1.165, 1.54) is 31.0 Å². The second-order valence-corrected chi connectivity index (χ2v) is 13.0. The molecule has 0 bridgehead atoms. The first kappa shape index (κ1) is 38.8. The molecule has 2 aromatic carbocycles. The Morgan fingerprint density at radius 3 is 2.52 bits per heavy atom. The van der Waals surface area contributed by atoms with Crippen molar-refractivity contribution in [2.24, 2.45) is 12.0 Å². The van der Waals surface area contributed by atoms with Crippen molar-refractivity contribution in [2.75, 3.05) is 45.4 Å². The molecule has 0 saturated carbocycles. The molecular weight excluding hydrogens is 714 g/mol. The average Bonchev–Trinajstić information content (AvgIpc) is 3.82. The molecule has 0 aliphatic heterocycles. The molecule has 4 aromatic heterocycles. The Hall–Kier alpha value is -6.93. The minimum absolute atomic E-state index is 0.0236. The molecular formula is C42H42FN9O4. The molecule has 14 heteroatoms. The van der Waals surface area contributed by atoms with E-state index in [1.54, 1.807) is 60.5 Å². The number of aromatic nitrogens is 5. The van der Waals surface area contributed by atoms with Crippen molar-refractivity contribution in [3.05, 3.63) is 132 Å². The SMILES string of the molecule is CN=C/C(=C/O)C(=O)Nc1ccc(Oc2nc(-c3ccccn3)nc3oc(-c4cnn(C)c4)c(C4C=C(CN(C)C)C=CC4)c23)cc1.CNc1ccc(F)cc1. The largest absolute Gasteiger partial charge is 0.515 e. The van der Waals surface area contributed by atoms with Crippen LogP contribution in [0.2, 0.25) is 0 Å². The molecule has 4 heterocycles. The number of pyridine rings is 1. The predicted octanol–water partition coefficient (Wildman–Crippen LogP) is 7.96. The quantitative estimate of drug-likeness (QED) is 0.0674. The fraction of sp³-hybridized carbons (Fsp3) is 0.190. The lowest BCUT2D eigenvalue weighted by atomic mass is 9.87. The zero-order valence-electron chi connectivity index (χ0n) is 31.6. The Labute approximate surface area is 323 Å². The number of aryl methyl sites for hydroxylation is 1. The summed E-state index contributed by atoms with van der Waals surface area (Å²) in [4.78, 5) is 32.6. The number of allylic oxidation sites excluding steroid dienone is 2. The number of fused-ring (bicyclic) bond motifs is 1. The number of amides is 1. The van der Waals surface area contributed by atoms with Crippen molar-refractivity contribution in [3.63, 3.8) is 0 Å². The van der Waals surface area contributed by atoms with Crippen LogP contribution in [0.1, 0.15) is 17.9 Å². The van der Waals surface area contributed by atoms with Gasteiger partial charge >= 0.3 is 0 Å². The van der Waals surface area contributed by atoms with Crippen LogP contribution in [0.4, 0.5) is 15.8 Å². The lowest BCUT2D eigenvalue weighted by Crippen LogP contribution is -2.16. The maximum absolute atomic E-state index is 12.5. The highest BCUT2D eigenvalue weighted by Gasteiger charge is 2.29. The standard InChI is InChI=1S/C35H34N8O4.C7H8FN/c1-36-17-25(21-44)33(45)39-26-11-13-27(14-12-26)46-34-30-29(23-9-7-8-22(16-23)19-42(2)3)31(24-18-38-43(4)20-24)47-35(30)41-32(40-34)28-10-5-6-15-37-28;1-9-7-4-2-6(8)3-5-7/h5-8,10-18,20-21,23,44H,9,19H2,1-4H3,(H,39,45);2-5,9H,1H3/b25-21-,36-17?;. The van der Waals surface area contributed by atoms with Crippen LogP contribution in [-0.2, 0) is 11.8 Å². The van der Waals surface area contributed by atoms with Gasteiger partial charge in [0.15, 0.2) is 5.82 Å². The minimum atomic E-state index is -0.501. The number of carbonyl (C=O) groups is 1. The number of aliphatic imine (C=N–C) groups is 1. The smallest absolute Gasteiger partial charge is 0.260 e. The molecule has 1 atom stereocenters. The van der Waals surface area contributed by atoms with E-state index in [1.807, 2.05) is 45.5 Å². The van der Waals surface area contributed by atoms with E-state index in [9.17, 15) is 14.3 Å². The summed E-state index contributed by atoms with van der Waals surface area (Å²) in [5, 5.41) is 20.1. The van der Waals surface area contributed by atoms with Gasteiger partial charge in [-0.2, -0.15) is 15.1 Å². The van der Waals surface area contributed by atoms with Crippen LogP contribution in [0.5, 0.6) is 11.6 Å². The lowest BCUT2D eigenvalue weighted by molar-refractivity contribution is -0.112. The van der Waals surface area contributed by atoms with Crippen LogP contribution in [0, 0.1) is 5.82 Å². The number of halogens is 1. The predicted molar refractivity (Wildman–Crippen MR) is 217 cm³/mol. The number of hydrogen-bond acceptors (Lipinski definition) is 11. The number of nitrogens with zero attached hydrogens (tertiary/aromatic N) is 7. The van der Waals surface area contributed by atoms with Gasteiger partial charge in [-0.25, -0.2) is 4.39 Å². The Morgan fingerprint density at radius 2 is 1.88 bits per heavy atom. The van der Waals surface area contributed by atoms with E-state index < -0.39 is 5.91 Å². The number of likely N-dealkylation sites (N-methyl/N-ethyl adjacent to an activating group) is 1. The van der Waals surface area contributed by atoms with Crippen molar-refractivity contribution < 1.29 is 23.4 Å². The number of aliphatic hydroxyl groups excluding tert-OH is 1. The number of nitrogens with one attached hydrogen (secondary N) is 2. The molecule has 3 N–H and O–H groups in total. The van der Waals surface area contributed by atoms with E-state index in [-0.39, 0.29) is 17.3 Å². The summed E-state index contributed by atoms with van der Waals surface area (Å²) in [5.74, 6) is 1.04. The van der Waals surface area contributed by atoms with Crippen LogP contribution in [-0.4, -0.2) is 81.6 Å². The van der Waals surface area contributed by atoms with Gasteiger partial charge in [-0.15, -0.1) is 0 Å². The molecule has 56 heavy (non-hydrogen) atoms. The van der Waals surface area contributed by atoms with E-state index in [2.05, 4.69) is 48.8 Å². The number of aliphatic hydroxyl groups is 1. The third-order valence-electron chi connectivity index (χ3n) is 8.55. The van der Waals surface area contributed by atoms with Gasteiger partial charge in [-0.05, 0) is 86.8 Å². The van der Waals surface area contributed by atoms with E-state index in [0.29, 0.717) is 52.0 Å². The Kier molecular flexibility index (Phi) is 12.4. The maximum atomic E-state index is 12.5. The Morgan fingerprint density at radius 1 is 1.11 bits per heavy atom. The number of rotatable bonds is 11. The first-order chi connectivity index (χ1) is 27.1. The van der Waals surface area contributed by atoms with Gasteiger partial charge in [0.05, 0.1) is 23.6 Å². The van der Waals surface area contributed by atoms with Crippen molar-refractivity contribution in [3.8, 4) is 34.5 Å². The number of anilines is 2. The summed E-state index contributed by atoms with van der Waals surface area (Å²) in [6.45, 7) is 0.790. The number of carbonyl (C=O) groups excluding carboxylic acids is 1. The summed E-state index contributed by atoms with van der Waals surface area (Å²) < 4.78 is 27.0. The Balaban J connectivity index is 0.000000520. The molecule has 1 unspecified atom stereocenters. The van der Waals surface area contributed by atoms with Crippen LogP contribution in [0.25, 0.3) is 33.9 Å². The van der Waals surface area contributed by atoms with Gasteiger partial charge < -0.3 is 29.8 Å². The third kappa shape index (κ3) is 9.40. The summed E-state index contributed by atoms with van der Waals surface area (Å²) in [7, 11) is 9.27. The fourth-order valence-electron chi connectivity index (χ4n) is 6.03. The zero-order valence-corrected chi connectivity index (χ0v) is 31.6. The van der Waals surface area contributed by atoms with Crippen molar-refractivity contribution in [2.45, 2.75) is 12.3 Å². The number of furan rings is 1. The molecule has 1 aliphatic rings. The molecule has 286 valence electrons. The molecule has 0 radical (unpaired) electrons. The second kappa shape index (κ2) is 17.9. The van der Waals surface area contributed by atoms with Crippen LogP contribution in [0.15, 0.2) is 130 Å². The molecule has 0 fully saturated rings. The van der Waals surface area contributed by atoms with E-state index in [0.717, 1.165) is 29.8 Å². The normalized spacial score (nSPS) is 14.1. The zero-order chi connectivity index (χ0) is 39.6. The molecule has 0 saturated heterocycles. The summed E-state index contributed by atoms with van der Waals surface area (Å²) in [5.41, 5.74) is 5.29. The van der Waals surface area contributed by atoms with Gasteiger partial charge in [0.1, 0.15) is 28.4 Å². The Bertz CT molecular complexity index is 2400. The highest BCUT2D eigenvalue weighted by Crippen LogP contribution is 2.45. The molecule has 1 aliphatic carbocycles. The minimum Gasteiger partial charge on any atom is -0.515 e. The highest BCUT2D eigenvalue weighted by molar-refractivity contribution is 6.17. The number of hydrogen-bond donors (Lipinski definition) is 3. The first-order valence-corrected chi connectivity index (χ1v) is 17.7. The molecule has 1 amide bonds. The monoisotopic (exact) mass is 755 g/mol. The molecule has 7 rings (SSSR count). The van der Waals surface area contributed by atoms with Gasteiger partial charge in [0.25, 0.3) is 5.91 Å². The van der Waals surface area contributed by atoms with Gasteiger partial charge in [-0.3, -0.25) is 19.5 Å². The second-order valence-electron chi connectivity index (χ2n) is 13.0. The van der Waals surface area contributed by atoms with Crippen molar-refractivity contribution in [1.29, 1.82) is 0 Å². The summed E-state index contributed by atoms with van der Waals surface area (Å²) in [6.07, 6.45) is 14.7. The highest BCUT2D eigenvalue weighted by atomic mass is 19.1. The molecule has 6 aromatic rings. The first-order valence-electron chi connectivity index (χ1n) is 17.7. The van der Waals surface area contributed by atoms with Gasteiger partial charge in [0.2, 0.25) is 11.6 Å². The van der Waals surface area contributed by atoms with Crippen molar-refractivity contribution in [1.82, 2.24) is 29.6 Å². The van der Waals surface area contributed by atoms with E-state index in [4.69, 9.17) is 19.1 Å². The lowest BCUT2D eigenvalue weighted by Gasteiger charge is -2.20. The average molecular weight is 756 g/mol. The van der Waals surface area contributed by atoms with Crippen LogP contribution >= 0.6 is 0 Å². The van der Waals surface area contributed by atoms with E-state index >= 15 is 0 Å². The molecule has 13 nitrogen and oxygen atoms in total. The fourth-order valence-corrected chi connectivity index (χ4v) is 6.03. The maximum Gasteiger partial charge on any atom is 0.260 e. The third-order valence-corrected chi connectivity index (χ3v) is 8.55. The van der Waals surface area contributed by atoms with Crippen LogP contribution < -0.4 is 15.4 Å². The number of ether oxygens (including phenoxy) is 1. The summed E-state index contributed by atoms with van der Waals surface area (Å²) in [6, 6.07) is 18.6. The number of benzene rings is 2. The molecule has 0 spiro atoms.